The molecule has 0 N–H and O–H groups in total. The number of carbonyl (C=O) groups is 2. The molecule has 0 heterocycles. The van der Waals surface area contributed by atoms with Gasteiger partial charge >= 0.3 is 5.97 Å². The Balaban J connectivity index is 2.45. The summed E-state index contributed by atoms with van der Waals surface area (Å²) in [6.45, 7) is 0. The summed E-state index contributed by atoms with van der Waals surface area (Å²) in [5.74, 6) is -0.379. The van der Waals surface area contributed by atoms with Gasteiger partial charge in [0.1, 0.15) is 5.78 Å². The van der Waals surface area contributed by atoms with Gasteiger partial charge in [0.25, 0.3) is 0 Å². The lowest BCUT2D eigenvalue weighted by Crippen LogP contribution is -2.06. The highest BCUT2D eigenvalue weighted by molar-refractivity contribution is 6.36. The molecule has 5 heteroatoms. The molecule has 0 aromatic heterocycles. The van der Waals surface area contributed by atoms with Crippen LogP contribution in [0.1, 0.15) is 24.8 Å². The van der Waals surface area contributed by atoms with E-state index in [9.17, 15) is 9.59 Å². The molecule has 0 bridgehead atoms. The number of methoxy groups -OCH3 is 1. The van der Waals surface area contributed by atoms with Crippen molar-refractivity contribution < 1.29 is 14.3 Å². The van der Waals surface area contributed by atoms with Gasteiger partial charge < -0.3 is 4.74 Å². The van der Waals surface area contributed by atoms with E-state index in [1.807, 2.05) is 0 Å². The molecule has 0 atom stereocenters. The fourth-order valence-corrected chi connectivity index (χ4v) is 2.09. The molecule has 0 fully saturated rings. The third-order valence-corrected chi connectivity index (χ3v) is 3.26. The maximum atomic E-state index is 11.6. The van der Waals surface area contributed by atoms with Crippen molar-refractivity contribution in [3.05, 3.63) is 33.8 Å². The van der Waals surface area contributed by atoms with Gasteiger partial charge in [-0.25, -0.2) is 0 Å². The lowest BCUT2D eigenvalue weighted by Gasteiger charge is -2.06. The number of Topliss-reactive ketones (excluding diaryl/α,β-unsaturated/α-hetero) is 1. The van der Waals surface area contributed by atoms with Crippen molar-refractivity contribution in [3.63, 3.8) is 0 Å². The Morgan fingerprint density at radius 3 is 2.28 bits per heavy atom. The van der Waals surface area contributed by atoms with Crippen molar-refractivity contribution in [1.82, 2.24) is 0 Å². The van der Waals surface area contributed by atoms with Gasteiger partial charge in [-0.2, -0.15) is 0 Å². The first-order valence-corrected chi connectivity index (χ1v) is 6.31. The zero-order valence-corrected chi connectivity index (χ0v) is 11.6. The zero-order chi connectivity index (χ0) is 13.5. The first kappa shape index (κ1) is 15.0. The molecule has 18 heavy (non-hydrogen) atoms. The second kappa shape index (κ2) is 7.39. The number of carbonyl (C=O) groups excluding carboxylic acids is 2. The molecule has 3 nitrogen and oxygen atoms in total. The van der Waals surface area contributed by atoms with Crippen LogP contribution in [0.5, 0.6) is 0 Å². The summed E-state index contributed by atoms with van der Waals surface area (Å²) in [6.07, 6.45) is 1.11. The van der Waals surface area contributed by atoms with E-state index in [4.69, 9.17) is 23.2 Å². The molecule has 1 rings (SSSR count). The summed E-state index contributed by atoms with van der Waals surface area (Å²) in [7, 11) is 1.30. The SMILES string of the molecule is COC(=O)CCC(=O)CCc1c(Cl)cccc1Cl. The third-order valence-electron chi connectivity index (χ3n) is 2.55. The van der Waals surface area contributed by atoms with Crippen molar-refractivity contribution >= 4 is 35.0 Å². The smallest absolute Gasteiger partial charge is 0.305 e. The number of halogens is 2. The van der Waals surface area contributed by atoms with Crippen LogP contribution in [-0.4, -0.2) is 18.9 Å². The Kier molecular flexibility index (Phi) is 6.16. The van der Waals surface area contributed by atoms with Crippen LogP contribution in [0.15, 0.2) is 18.2 Å². The van der Waals surface area contributed by atoms with Crippen molar-refractivity contribution in [3.8, 4) is 0 Å². The van der Waals surface area contributed by atoms with Crippen molar-refractivity contribution in [1.29, 1.82) is 0 Å². The molecule has 0 amide bonds. The second-order valence-electron chi connectivity index (χ2n) is 3.82. The first-order chi connectivity index (χ1) is 8.54. The minimum atomic E-state index is -0.376. The maximum Gasteiger partial charge on any atom is 0.305 e. The highest BCUT2D eigenvalue weighted by Gasteiger charge is 2.10. The van der Waals surface area contributed by atoms with Gasteiger partial charge in [-0.05, 0) is 24.1 Å². The zero-order valence-electron chi connectivity index (χ0n) is 10.0. The van der Waals surface area contributed by atoms with E-state index in [1.54, 1.807) is 18.2 Å². The normalized spacial score (nSPS) is 10.2. The Labute approximate surface area is 116 Å². The van der Waals surface area contributed by atoms with Crippen LogP contribution in [-0.2, 0) is 20.7 Å². The van der Waals surface area contributed by atoms with Gasteiger partial charge in [-0.3, -0.25) is 9.59 Å². The van der Waals surface area contributed by atoms with Gasteiger partial charge in [0, 0.05) is 22.9 Å². The molecular formula is C13H14Cl2O3. The highest BCUT2D eigenvalue weighted by Crippen LogP contribution is 2.25. The molecule has 98 valence electrons. The predicted molar refractivity (Wildman–Crippen MR) is 71.0 cm³/mol. The Morgan fingerprint density at radius 1 is 1.11 bits per heavy atom. The van der Waals surface area contributed by atoms with E-state index in [-0.39, 0.29) is 24.6 Å². The predicted octanol–water partition coefficient (Wildman–Crippen LogP) is 3.45. The lowest BCUT2D eigenvalue weighted by molar-refractivity contribution is -0.141. The molecule has 0 unspecified atom stereocenters. The molecule has 0 radical (unpaired) electrons. The van der Waals surface area contributed by atoms with Crippen LogP contribution >= 0.6 is 23.2 Å². The number of benzene rings is 1. The second-order valence-corrected chi connectivity index (χ2v) is 4.63. The summed E-state index contributed by atoms with van der Waals surface area (Å²) in [5, 5.41) is 1.12. The minimum absolute atomic E-state index is 0.00335. The Bertz CT molecular complexity index is 424. The van der Waals surface area contributed by atoms with Crippen LogP contribution in [0, 0.1) is 0 Å². The number of ketones is 1. The first-order valence-electron chi connectivity index (χ1n) is 5.56. The monoisotopic (exact) mass is 288 g/mol. The van der Waals surface area contributed by atoms with Crippen molar-refractivity contribution in [2.24, 2.45) is 0 Å². The van der Waals surface area contributed by atoms with Crippen LogP contribution < -0.4 is 0 Å². The van der Waals surface area contributed by atoms with E-state index < -0.39 is 0 Å². The van der Waals surface area contributed by atoms with E-state index in [2.05, 4.69) is 4.74 Å². The maximum absolute atomic E-state index is 11.6. The highest BCUT2D eigenvalue weighted by atomic mass is 35.5. The molecule has 1 aromatic rings. The summed E-state index contributed by atoms with van der Waals surface area (Å²) in [6, 6.07) is 5.23. The van der Waals surface area contributed by atoms with Crippen molar-refractivity contribution in [2.75, 3.05) is 7.11 Å². The molecule has 0 aliphatic rings. The number of rotatable bonds is 6. The van der Waals surface area contributed by atoms with Crippen LogP contribution in [0.25, 0.3) is 0 Å². The summed E-state index contributed by atoms with van der Waals surface area (Å²) < 4.78 is 4.47. The van der Waals surface area contributed by atoms with Crippen LogP contribution in [0.4, 0.5) is 0 Å². The topological polar surface area (TPSA) is 43.4 Å². The fourth-order valence-electron chi connectivity index (χ4n) is 1.50. The fraction of sp³-hybridized carbons (Fsp3) is 0.385. The lowest BCUT2D eigenvalue weighted by atomic mass is 10.0. The standard InChI is InChI=1S/C13H14Cl2O3/c1-18-13(17)8-6-9(16)5-7-10-11(14)3-2-4-12(10)15/h2-4H,5-8H2,1H3. The van der Waals surface area contributed by atoms with Crippen LogP contribution in [0.2, 0.25) is 10.0 Å². The van der Waals surface area contributed by atoms with Gasteiger partial charge in [0.2, 0.25) is 0 Å². The molecule has 0 saturated carbocycles. The molecule has 1 aromatic carbocycles. The third kappa shape index (κ3) is 4.67. The largest absolute Gasteiger partial charge is 0.469 e. The average Bonchev–Trinajstić information content (AvgIpc) is 2.35. The molecule has 0 aliphatic heterocycles. The Hall–Kier alpha value is -1.06. The molecular weight excluding hydrogens is 275 g/mol. The molecule has 0 aliphatic carbocycles. The number of ether oxygens (including phenoxy) is 1. The minimum Gasteiger partial charge on any atom is -0.469 e. The van der Waals surface area contributed by atoms with Crippen molar-refractivity contribution in [2.45, 2.75) is 25.7 Å². The van der Waals surface area contributed by atoms with Crippen LogP contribution in [0.3, 0.4) is 0 Å². The van der Waals surface area contributed by atoms with E-state index in [0.717, 1.165) is 5.56 Å². The van der Waals surface area contributed by atoms with Gasteiger partial charge in [-0.1, -0.05) is 29.3 Å². The number of hydrogen-bond donors (Lipinski definition) is 0. The quantitative estimate of drug-likeness (QED) is 0.753. The molecule has 0 spiro atoms. The number of esters is 1. The Morgan fingerprint density at radius 2 is 1.72 bits per heavy atom. The summed E-state index contributed by atoms with van der Waals surface area (Å²) in [4.78, 5) is 22.4. The van der Waals surface area contributed by atoms with E-state index >= 15 is 0 Å². The number of hydrogen-bond acceptors (Lipinski definition) is 3. The van der Waals surface area contributed by atoms with Gasteiger partial charge in [0.05, 0.1) is 13.5 Å². The summed E-state index contributed by atoms with van der Waals surface area (Å²) in [5.41, 5.74) is 0.771. The van der Waals surface area contributed by atoms with Gasteiger partial charge in [-0.15, -0.1) is 0 Å². The van der Waals surface area contributed by atoms with E-state index in [1.165, 1.54) is 7.11 Å². The summed E-state index contributed by atoms with van der Waals surface area (Å²) >= 11 is 12.0. The van der Waals surface area contributed by atoms with Gasteiger partial charge in [0.15, 0.2) is 0 Å². The van der Waals surface area contributed by atoms with E-state index in [0.29, 0.717) is 22.9 Å². The molecule has 0 saturated heterocycles. The average molecular weight is 289 g/mol.